The molecule has 5 heteroatoms. The fourth-order valence-electron chi connectivity index (χ4n) is 2.95. The van der Waals surface area contributed by atoms with Gasteiger partial charge in [-0.15, -0.1) is 0 Å². The van der Waals surface area contributed by atoms with Crippen LogP contribution in [0.4, 0.5) is 5.69 Å². The number of carbonyl (C=O) groups is 2. The Hall–Kier alpha value is -2.43. The fraction of sp³-hybridized carbons (Fsp3) is 0.312. The minimum absolute atomic E-state index is 0.260. The third-order valence-corrected chi connectivity index (χ3v) is 4.23. The van der Waals surface area contributed by atoms with Crippen LogP contribution in [0, 0.1) is 17.3 Å². The molecule has 1 aliphatic carbocycles. The summed E-state index contributed by atoms with van der Waals surface area (Å²) >= 11 is 0. The van der Waals surface area contributed by atoms with Gasteiger partial charge in [-0.3, -0.25) is 14.6 Å². The van der Waals surface area contributed by atoms with Crippen LogP contribution < -0.4 is 5.32 Å². The summed E-state index contributed by atoms with van der Waals surface area (Å²) in [6, 6.07) is 9.45. The van der Waals surface area contributed by atoms with Gasteiger partial charge >= 0.3 is 5.97 Å². The van der Waals surface area contributed by atoms with Gasteiger partial charge in [-0.1, -0.05) is 32.0 Å². The van der Waals surface area contributed by atoms with Gasteiger partial charge in [0.25, 0.3) is 0 Å². The van der Waals surface area contributed by atoms with Gasteiger partial charge in [0, 0.05) is 5.39 Å². The molecule has 1 heterocycles. The maximum atomic E-state index is 12.2. The van der Waals surface area contributed by atoms with Gasteiger partial charge in [0.15, 0.2) is 0 Å². The summed E-state index contributed by atoms with van der Waals surface area (Å²) in [4.78, 5) is 27.6. The number of amides is 1. The Bertz CT molecular complexity index is 739. The number of hydrogen-bond acceptors (Lipinski definition) is 3. The zero-order valence-corrected chi connectivity index (χ0v) is 11.8. The third-order valence-electron chi connectivity index (χ3n) is 4.23. The van der Waals surface area contributed by atoms with E-state index in [2.05, 4.69) is 10.3 Å². The first-order valence-electron chi connectivity index (χ1n) is 6.80. The maximum Gasteiger partial charge on any atom is 0.307 e. The summed E-state index contributed by atoms with van der Waals surface area (Å²) in [5.74, 6) is -2.30. The van der Waals surface area contributed by atoms with E-state index in [4.69, 9.17) is 5.11 Å². The molecule has 108 valence electrons. The van der Waals surface area contributed by atoms with E-state index < -0.39 is 23.2 Å². The van der Waals surface area contributed by atoms with Crippen LogP contribution in [0.15, 0.2) is 36.5 Å². The molecule has 0 aliphatic heterocycles. The summed E-state index contributed by atoms with van der Waals surface area (Å²) in [6.45, 7) is 3.60. The number of rotatable bonds is 3. The van der Waals surface area contributed by atoms with Crippen molar-refractivity contribution in [2.45, 2.75) is 13.8 Å². The lowest BCUT2D eigenvalue weighted by Crippen LogP contribution is -2.17. The van der Waals surface area contributed by atoms with Gasteiger partial charge < -0.3 is 10.4 Å². The molecule has 0 spiro atoms. The third kappa shape index (κ3) is 2.24. The first-order valence-corrected chi connectivity index (χ1v) is 6.80. The fourth-order valence-corrected chi connectivity index (χ4v) is 2.95. The number of carbonyl (C=O) groups excluding carboxylic acids is 1. The number of para-hydroxylation sites is 1. The number of anilines is 1. The Morgan fingerprint density at radius 1 is 1.24 bits per heavy atom. The van der Waals surface area contributed by atoms with Gasteiger partial charge in [-0.05, 0) is 17.5 Å². The first kappa shape index (κ1) is 13.5. The van der Waals surface area contributed by atoms with Crippen LogP contribution in [-0.2, 0) is 9.59 Å². The van der Waals surface area contributed by atoms with Crippen molar-refractivity contribution in [2.75, 3.05) is 5.32 Å². The van der Waals surface area contributed by atoms with E-state index in [-0.39, 0.29) is 5.91 Å². The molecule has 1 fully saturated rings. The molecule has 1 aliphatic rings. The van der Waals surface area contributed by atoms with Crippen LogP contribution in [0.25, 0.3) is 10.9 Å². The van der Waals surface area contributed by atoms with Gasteiger partial charge in [0.1, 0.15) is 0 Å². The Labute approximate surface area is 122 Å². The lowest BCUT2D eigenvalue weighted by atomic mass is 10.1. The molecule has 1 saturated carbocycles. The number of pyridine rings is 1. The van der Waals surface area contributed by atoms with Crippen molar-refractivity contribution in [3.8, 4) is 0 Å². The molecule has 0 saturated heterocycles. The zero-order chi connectivity index (χ0) is 15.2. The van der Waals surface area contributed by atoms with Crippen molar-refractivity contribution in [3.63, 3.8) is 0 Å². The molecule has 1 aromatic carbocycles. The minimum atomic E-state index is -0.920. The Morgan fingerprint density at radius 2 is 1.95 bits per heavy atom. The van der Waals surface area contributed by atoms with Gasteiger partial charge in [-0.25, -0.2) is 0 Å². The zero-order valence-electron chi connectivity index (χ0n) is 11.8. The first-order chi connectivity index (χ1) is 9.91. The second-order valence-corrected chi connectivity index (χ2v) is 6.02. The lowest BCUT2D eigenvalue weighted by Gasteiger charge is -2.06. The van der Waals surface area contributed by atoms with E-state index in [9.17, 15) is 9.59 Å². The number of fused-ring (bicyclic) bond motifs is 1. The highest BCUT2D eigenvalue weighted by Gasteiger charge is 2.65. The lowest BCUT2D eigenvalue weighted by molar-refractivity contribution is -0.140. The highest BCUT2D eigenvalue weighted by Crippen LogP contribution is 2.58. The van der Waals surface area contributed by atoms with Crippen LogP contribution in [-0.4, -0.2) is 22.0 Å². The molecule has 2 aromatic rings. The standard InChI is InChI=1S/C16H16N2O3/c1-16(2)12(13(16)15(20)21)14(19)18-10-7-9-5-3-4-6-11(9)17-8-10/h3-8,12-13H,1-2H3,(H,18,19)(H,20,21). The Balaban J connectivity index is 1.80. The van der Waals surface area contributed by atoms with Gasteiger partial charge in [0.2, 0.25) is 5.91 Å². The molecule has 0 bridgehead atoms. The number of carboxylic acids is 1. The van der Waals surface area contributed by atoms with E-state index in [0.29, 0.717) is 5.69 Å². The maximum absolute atomic E-state index is 12.2. The molecule has 5 nitrogen and oxygen atoms in total. The Morgan fingerprint density at radius 3 is 2.62 bits per heavy atom. The van der Waals surface area contributed by atoms with Crippen molar-refractivity contribution in [2.24, 2.45) is 17.3 Å². The van der Waals surface area contributed by atoms with Crippen LogP contribution in [0.2, 0.25) is 0 Å². The van der Waals surface area contributed by atoms with Crippen molar-refractivity contribution >= 4 is 28.5 Å². The van der Waals surface area contributed by atoms with E-state index in [1.807, 2.05) is 30.3 Å². The molecule has 3 rings (SSSR count). The average Bonchev–Trinajstić information content (AvgIpc) is 3.02. The summed E-state index contributed by atoms with van der Waals surface area (Å²) in [6.07, 6.45) is 1.59. The van der Waals surface area contributed by atoms with Crippen LogP contribution in [0.1, 0.15) is 13.8 Å². The van der Waals surface area contributed by atoms with Crippen LogP contribution in [0.5, 0.6) is 0 Å². The minimum Gasteiger partial charge on any atom is -0.481 e. The second-order valence-electron chi connectivity index (χ2n) is 6.02. The predicted molar refractivity (Wildman–Crippen MR) is 78.8 cm³/mol. The molecule has 0 radical (unpaired) electrons. The summed E-state index contributed by atoms with van der Waals surface area (Å²) in [5, 5.41) is 12.8. The highest BCUT2D eigenvalue weighted by molar-refractivity contribution is 6.00. The predicted octanol–water partition coefficient (Wildman–Crippen LogP) is 2.53. The van der Waals surface area contributed by atoms with Crippen molar-refractivity contribution in [1.29, 1.82) is 0 Å². The highest BCUT2D eigenvalue weighted by atomic mass is 16.4. The molecule has 2 N–H and O–H groups in total. The molecular weight excluding hydrogens is 268 g/mol. The number of aliphatic carboxylic acids is 1. The molecule has 1 amide bonds. The number of aromatic nitrogens is 1. The number of nitrogens with one attached hydrogen (secondary N) is 1. The SMILES string of the molecule is CC1(C)C(C(=O)O)C1C(=O)Nc1cnc2ccccc2c1. The normalized spacial score (nSPS) is 22.8. The number of nitrogens with zero attached hydrogens (tertiary/aromatic N) is 1. The van der Waals surface area contributed by atoms with Crippen molar-refractivity contribution < 1.29 is 14.7 Å². The molecule has 2 unspecified atom stereocenters. The number of carboxylic acid groups (broad SMARTS) is 1. The number of hydrogen-bond donors (Lipinski definition) is 2. The largest absolute Gasteiger partial charge is 0.481 e. The van der Waals surface area contributed by atoms with E-state index in [1.165, 1.54) is 0 Å². The molecule has 2 atom stereocenters. The summed E-state index contributed by atoms with van der Waals surface area (Å²) < 4.78 is 0. The summed E-state index contributed by atoms with van der Waals surface area (Å²) in [5.41, 5.74) is 0.941. The molecular formula is C16H16N2O3. The topological polar surface area (TPSA) is 79.3 Å². The van der Waals surface area contributed by atoms with Crippen molar-refractivity contribution in [3.05, 3.63) is 36.5 Å². The van der Waals surface area contributed by atoms with Crippen molar-refractivity contribution in [1.82, 2.24) is 4.98 Å². The monoisotopic (exact) mass is 284 g/mol. The molecule has 1 aromatic heterocycles. The molecule has 21 heavy (non-hydrogen) atoms. The quantitative estimate of drug-likeness (QED) is 0.907. The van der Waals surface area contributed by atoms with Crippen LogP contribution >= 0.6 is 0 Å². The Kier molecular flexibility index (Phi) is 2.93. The van der Waals surface area contributed by atoms with Gasteiger partial charge in [-0.2, -0.15) is 0 Å². The average molecular weight is 284 g/mol. The number of benzene rings is 1. The van der Waals surface area contributed by atoms with E-state index >= 15 is 0 Å². The van der Waals surface area contributed by atoms with E-state index in [0.717, 1.165) is 10.9 Å². The smallest absolute Gasteiger partial charge is 0.307 e. The van der Waals surface area contributed by atoms with Gasteiger partial charge in [0.05, 0.1) is 29.2 Å². The van der Waals surface area contributed by atoms with E-state index in [1.54, 1.807) is 20.0 Å². The van der Waals surface area contributed by atoms with Crippen LogP contribution in [0.3, 0.4) is 0 Å². The second kappa shape index (κ2) is 4.55. The summed E-state index contributed by atoms with van der Waals surface area (Å²) in [7, 11) is 0.